The molecule has 0 aromatic heterocycles. The molecule has 1 heterocycles. The van der Waals surface area contributed by atoms with E-state index in [1.54, 1.807) is 11.0 Å². The Kier molecular flexibility index (Phi) is 4.53. The van der Waals surface area contributed by atoms with E-state index in [2.05, 4.69) is 15.9 Å². The van der Waals surface area contributed by atoms with Gasteiger partial charge in [-0.15, -0.1) is 0 Å². The van der Waals surface area contributed by atoms with Crippen LogP contribution in [0.25, 0.3) is 0 Å². The lowest BCUT2D eigenvalue weighted by Crippen LogP contribution is -2.35. The lowest BCUT2D eigenvalue weighted by Gasteiger charge is -2.26. The molecule has 19 heavy (non-hydrogen) atoms. The van der Waals surface area contributed by atoms with Crippen LogP contribution < -0.4 is 0 Å². The first kappa shape index (κ1) is 14.8. The quantitative estimate of drug-likeness (QED) is 0.756. The van der Waals surface area contributed by atoms with Crippen molar-refractivity contribution in [3.8, 4) is 0 Å². The molecule has 0 N–H and O–H groups in total. The third-order valence-electron chi connectivity index (χ3n) is 3.04. The Bertz CT molecular complexity index is 597. The summed E-state index contributed by atoms with van der Waals surface area (Å²) in [4.78, 5) is 14.0. The number of nitrogens with zero attached hydrogens (tertiary/aromatic N) is 1. The Hall–Kier alpha value is -0.590. The van der Waals surface area contributed by atoms with Crippen LogP contribution in [0.3, 0.4) is 0 Å². The largest absolute Gasteiger partial charge is 0.339 e. The minimum atomic E-state index is -3.84. The van der Waals surface area contributed by atoms with Crippen molar-refractivity contribution in [2.75, 3.05) is 13.1 Å². The van der Waals surface area contributed by atoms with Gasteiger partial charge in [-0.25, -0.2) is 8.42 Å². The van der Waals surface area contributed by atoms with Gasteiger partial charge < -0.3 is 4.90 Å². The second kappa shape index (κ2) is 5.81. The second-order valence-electron chi connectivity index (χ2n) is 4.47. The van der Waals surface area contributed by atoms with Gasteiger partial charge >= 0.3 is 0 Å². The number of benzene rings is 1. The molecule has 0 aliphatic carbocycles. The molecule has 0 radical (unpaired) electrons. The van der Waals surface area contributed by atoms with Gasteiger partial charge in [-0.05, 0) is 37.5 Å². The fraction of sp³-hybridized carbons (Fsp3) is 0.417. The van der Waals surface area contributed by atoms with Gasteiger partial charge in [-0.2, -0.15) is 0 Å². The molecule has 1 aliphatic heterocycles. The molecule has 1 aromatic carbocycles. The smallest absolute Gasteiger partial charge is 0.261 e. The molecule has 0 saturated carbocycles. The summed E-state index contributed by atoms with van der Waals surface area (Å²) in [5.41, 5.74) is 0.343. The first-order valence-corrected chi connectivity index (χ1v) is 9.03. The maximum absolute atomic E-state index is 12.3. The highest BCUT2D eigenvalue weighted by molar-refractivity contribution is 9.10. The minimum Gasteiger partial charge on any atom is -0.339 e. The molecule has 1 aromatic rings. The van der Waals surface area contributed by atoms with E-state index in [9.17, 15) is 13.2 Å². The van der Waals surface area contributed by atoms with Crippen molar-refractivity contribution in [3.05, 3.63) is 28.2 Å². The molecule has 1 saturated heterocycles. The fourth-order valence-electron chi connectivity index (χ4n) is 2.11. The van der Waals surface area contributed by atoms with Crippen molar-refractivity contribution in [2.24, 2.45) is 0 Å². The highest BCUT2D eigenvalue weighted by Crippen LogP contribution is 2.24. The summed E-state index contributed by atoms with van der Waals surface area (Å²) in [7, 11) is 1.48. The van der Waals surface area contributed by atoms with Crippen molar-refractivity contribution in [1.82, 2.24) is 4.90 Å². The fourth-order valence-corrected chi connectivity index (χ4v) is 3.55. The summed E-state index contributed by atoms with van der Waals surface area (Å²) >= 11 is 3.20. The van der Waals surface area contributed by atoms with Crippen LogP contribution in [-0.4, -0.2) is 32.3 Å². The lowest BCUT2D eigenvalue weighted by molar-refractivity contribution is 0.0724. The molecule has 104 valence electrons. The van der Waals surface area contributed by atoms with Crippen molar-refractivity contribution < 1.29 is 13.2 Å². The van der Waals surface area contributed by atoms with Gasteiger partial charge in [0.1, 0.15) is 0 Å². The number of rotatable bonds is 2. The molecule has 4 nitrogen and oxygen atoms in total. The number of likely N-dealkylation sites (tertiary alicyclic amines) is 1. The Morgan fingerprint density at radius 2 is 1.79 bits per heavy atom. The molecule has 0 atom stereocenters. The zero-order valence-electron chi connectivity index (χ0n) is 10.1. The Balaban J connectivity index is 2.34. The zero-order chi connectivity index (χ0) is 14.0. The predicted molar refractivity (Wildman–Crippen MR) is 76.9 cm³/mol. The average molecular weight is 367 g/mol. The summed E-state index contributed by atoms with van der Waals surface area (Å²) in [5, 5.41) is 0. The maximum Gasteiger partial charge on any atom is 0.261 e. The van der Waals surface area contributed by atoms with Crippen molar-refractivity contribution in [2.45, 2.75) is 24.2 Å². The van der Waals surface area contributed by atoms with Crippen molar-refractivity contribution >= 4 is 41.6 Å². The Labute approximate surface area is 125 Å². The zero-order valence-corrected chi connectivity index (χ0v) is 13.3. The summed E-state index contributed by atoms with van der Waals surface area (Å²) in [6.45, 7) is 1.43. The van der Waals surface area contributed by atoms with Crippen molar-refractivity contribution in [3.63, 3.8) is 0 Å². The molecule has 7 heteroatoms. The molecule has 2 rings (SSSR count). The van der Waals surface area contributed by atoms with Gasteiger partial charge in [-0.3, -0.25) is 4.79 Å². The van der Waals surface area contributed by atoms with E-state index in [4.69, 9.17) is 10.7 Å². The Morgan fingerprint density at radius 1 is 1.16 bits per heavy atom. The topological polar surface area (TPSA) is 54.5 Å². The number of piperidine rings is 1. The molecule has 1 aliphatic rings. The van der Waals surface area contributed by atoms with Gasteiger partial charge in [0, 0.05) is 33.8 Å². The van der Waals surface area contributed by atoms with Gasteiger partial charge in [0.2, 0.25) is 0 Å². The third kappa shape index (κ3) is 3.70. The average Bonchev–Trinajstić information content (AvgIpc) is 2.37. The van der Waals surface area contributed by atoms with Crippen LogP contribution in [-0.2, 0) is 9.05 Å². The number of halogens is 2. The van der Waals surface area contributed by atoms with E-state index in [-0.39, 0.29) is 10.8 Å². The number of amides is 1. The van der Waals surface area contributed by atoms with Gasteiger partial charge in [-0.1, -0.05) is 15.9 Å². The highest BCUT2D eigenvalue weighted by Gasteiger charge is 2.21. The Morgan fingerprint density at radius 3 is 2.37 bits per heavy atom. The summed E-state index contributed by atoms with van der Waals surface area (Å²) < 4.78 is 23.2. The molecular weight excluding hydrogens is 354 g/mol. The predicted octanol–water partition coefficient (Wildman–Crippen LogP) is 3.00. The second-order valence-corrected chi connectivity index (χ2v) is 7.95. The molecular formula is C12H13BrClNO3S. The van der Waals surface area contributed by atoms with Crippen LogP contribution in [0.5, 0.6) is 0 Å². The van der Waals surface area contributed by atoms with Crippen molar-refractivity contribution in [1.29, 1.82) is 0 Å². The first-order valence-electron chi connectivity index (χ1n) is 5.92. The van der Waals surface area contributed by atoms with Gasteiger partial charge in [0.05, 0.1) is 4.90 Å². The molecule has 0 bridgehead atoms. The maximum atomic E-state index is 12.3. The highest BCUT2D eigenvalue weighted by atomic mass is 79.9. The van der Waals surface area contributed by atoms with Crippen LogP contribution >= 0.6 is 26.6 Å². The van der Waals surface area contributed by atoms with Crippen LogP contribution in [0.4, 0.5) is 0 Å². The van der Waals surface area contributed by atoms with E-state index in [0.717, 1.165) is 19.3 Å². The molecule has 0 spiro atoms. The van der Waals surface area contributed by atoms with Crippen LogP contribution in [0.15, 0.2) is 27.6 Å². The van der Waals surface area contributed by atoms with Crippen LogP contribution in [0.2, 0.25) is 0 Å². The summed E-state index contributed by atoms with van der Waals surface area (Å²) in [6, 6.07) is 4.32. The van der Waals surface area contributed by atoms with E-state index in [0.29, 0.717) is 23.1 Å². The third-order valence-corrected chi connectivity index (χ3v) is 4.83. The van der Waals surface area contributed by atoms with Gasteiger partial charge in [0.25, 0.3) is 15.0 Å². The number of hydrogen-bond acceptors (Lipinski definition) is 3. The number of hydrogen-bond donors (Lipinski definition) is 0. The number of carbonyl (C=O) groups is 1. The summed E-state index contributed by atoms with van der Waals surface area (Å²) in [6.07, 6.45) is 3.10. The molecule has 0 unspecified atom stereocenters. The first-order chi connectivity index (χ1) is 8.88. The van der Waals surface area contributed by atoms with E-state index >= 15 is 0 Å². The van der Waals surface area contributed by atoms with Crippen LogP contribution in [0.1, 0.15) is 29.6 Å². The normalized spacial score (nSPS) is 16.4. The van der Waals surface area contributed by atoms with E-state index in [1.165, 1.54) is 12.1 Å². The van der Waals surface area contributed by atoms with Gasteiger partial charge in [0.15, 0.2) is 0 Å². The standard InChI is InChI=1S/C12H13BrClNO3S/c13-10-6-9(7-11(8-10)19(14,17)18)12(16)15-4-2-1-3-5-15/h6-8H,1-5H2. The van der Waals surface area contributed by atoms with Crippen LogP contribution in [0, 0.1) is 0 Å². The van der Waals surface area contributed by atoms with E-state index < -0.39 is 9.05 Å². The molecule has 1 amide bonds. The summed E-state index contributed by atoms with van der Waals surface area (Å²) in [5.74, 6) is -0.150. The SMILES string of the molecule is O=C(c1cc(Br)cc(S(=O)(=O)Cl)c1)N1CCCCC1. The lowest BCUT2D eigenvalue weighted by atomic mass is 10.1. The number of carbonyl (C=O) groups excluding carboxylic acids is 1. The molecule has 1 fully saturated rings. The monoisotopic (exact) mass is 365 g/mol. The van der Waals surface area contributed by atoms with E-state index in [1.807, 2.05) is 0 Å². The minimum absolute atomic E-state index is 0.0658.